The molecule has 1 aromatic rings. The van der Waals surface area contributed by atoms with E-state index in [1.807, 2.05) is 31.2 Å². The lowest BCUT2D eigenvalue weighted by molar-refractivity contribution is -0.123. The van der Waals surface area contributed by atoms with Crippen molar-refractivity contribution < 1.29 is 14.3 Å². The highest BCUT2D eigenvalue weighted by Gasteiger charge is 2.28. The van der Waals surface area contributed by atoms with Gasteiger partial charge >= 0.3 is 0 Å². The van der Waals surface area contributed by atoms with Crippen LogP contribution in [0.25, 0.3) is 0 Å². The van der Waals surface area contributed by atoms with Gasteiger partial charge in [0.15, 0.2) is 0 Å². The average Bonchev–Trinajstić information content (AvgIpc) is 2.40. The van der Waals surface area contributed by atoms with Gasteiger partial charge in [0, 0.05) is 19.3 Å². The molecule has 1 aliphatic heterocycles. The third-order valence-electron chi connectivity index (χ3n) is 3.10. The van der Waals surface area contributed by atoms with Crippen molar-refractivity contribution in [3.63, 3.8) is 0 Å². The molecule has 0 spiro atoms. The number of methoxy groups -OCH3 is 1. The Morgan fingerprint density at radius 3 is 3.05 bits per heavy atom. The number of amides is 1. The third-order valence-corrected chi connectivity index (χ3v) is 3.10. The van der Waals surface area contributed by atoms with Crippen LogP contribution in [0.15, 0.2) is 24.3 Å². The van der Waals surface area contributed by atoms with Crippen LogP contribution in [0.2, 0.25) is 0 Å². The maximum Gasteiger partial charge on any atom is 0.244 e. The normalized spacial score (nSPS) is 21.9. The molecule has 2 N–H and O–H groups in total. The number of ether oxygens (including phenoxy) is 2. The van der Waals surface area contributed by atoms with Gasteiger partial charge in [-0.15, -0.1) is 12.4 Å². The summed E-state index contributed by atoms with van der Waals surface area (Å²) in [6.07, 6.45) is -0.115. The SMILES string of the molecule is COCc1cccc(NC(=O)[C@H]2NCCO[C@@H]2C)c1.Cl. The van der Waals surface area contributed by atoms with E-state index in [2.05, 4.69) is 10.6 Å². The zero-order valence-corrected chi connectivity index (χ0v) is 12.5. The predicted molar refractivity (Wildman–Crippen MR) is 80.2 cm³/mol. The highest BCUT2D eigenvalue weighted by atomic mass is 35.5. The Labute approximate surface area is 125 Å². The summed E-state index contributed by atoms with van der Waals surface area (Å²) in [7, 11) is 1.65. The van der Waals surface area contributed by atoms with E-state index in [0.717, 1.165) is 11.3 Å². The predicted octanol–water partition coefficient (Wildman–Crippen LogP) is 1.57. The number of halogens is 1. The molecule has 5 nitrogen and oxygen atoms in total. The lowest BCUT2D eigenvalue weighted by atomic mass is 10.1. The van der Waals surface area contributed by atoms with Crippen LogP contribution in [-0.4, -0.2) is 38.3 Å². The van der Waals surface area contributed by atoms with Crippen molar-refractivity contribution in [1.82, 2.24) is 5.32 Å². The molecule has 6 heteroatoms. The number of morpholine rings is 1. The van der Waals surface area contributed by atoms with Gasteiger partial charge in [-0.1, -0.05) is 12.1 Å². The van der Waals surface area contributed by atoms with Crippen LogP contribution >= 0.6 is 12.4 Å². The first-order chi connectivity index (χ1) is 9.20. The van der Waals surface area contributed by atoms with Crippen LogP contribution in [0.3, 0.4) is 0 Å². The summed E-state index contributed by atoms with van der Waals surface area (Å²) in [6, 6.07) is 7.34. The molecule has 1 heterocycles. The van der Waals surface area contributed by atoms with Crippen LogP contribution in [0.5, 0.6) is 0 Å². The fourth-order valence-electron chi connectivity index (χ4n) is 2.15. The molecule has 1 amide bonds. The number of hydrogen-bond acceptors (Lipinski definition) is 4. The summed E-state index contributed by atoms with van der Waals surface area (Å²) in [4.78, 5) is 12.2. The number of anilines is 1. The van der Waals surface area contributed by atoms with Crippen molar-refractivity contribution in [2.45, 2.75) is 25.7 Å². The van der Waals surface area contributed by atoms with E-state index in [1.165, 1.54) is 0 Å². The van der Waals surface area contributed by atoms with Gasteiger partial charge in [0.05, 0.1) is 19.3 Å². The van der Waals surface area contributed by atoms with Gasteiger partial charge < -0.3 is 20.1 Å². The molecular formula is C14H21ClN2O3. The van der Waals surface area contributed by atoms with E-state index in [-0.39, 0.29) is 30.5 Å². The van der Waals surface area contributed by atoms with Gasteiger partial charge in [0.1, 0.15) is 6.04 Å². The molecule has 2 rings (SSSR count). The maximum atomic E-state index is 12.2. The molecule has 2 atom stereocenters. The van der Waals surface area contributed by atoms with Crippen molar-refractivity contribution in [2.75, 3.05) is 25.6 Å². The Balaban J connectivity index is 0.00000200. The van der Waals surface area contributed by atoms with Crippen LogP contribution in [0.4, 0.5) is 5.69 Å². The molecule has 0 radical (unpaired) electrons. The standard InChI is InChI=1S/C14H20N2O3.ClH/c1-10-13(15-6-7-19-10)14(17)16-12-5-3-4-11(8-12)9-18-2;/h3-5,8,10,13,15H,6-7,9H2,1-2H3,(H,16,17);1H/t10-,13+;/m1./s1. The van der Waals surface area contributed by atoms with Crippen molar-refractivity contribution in [1.29, 1.82) is 0 Å². The zero-order valence-electron chi connectivity index (χ0n) is 11.7. The summed E-state index contributed by atoms with van der Waals surface area (Å²) in [5.41, 5.74) is 1.81. The summed E-state index contributed by atoms with van der Waals surface area (Å²) < 4.78 is 10.5. The Bertz CT molecular complexity index is 442. The lowest BCUT2D eigenvalue weighted by Gasteiger charge is -2.29. The second-order valence-corrected chi connectivity index (χ2v) is 4.63. The quantitative estimate of drug-likeness (QED) is 0.886. The van der Waals surface area contributed by atoms with Gasteiger partial charge in [-0.25, -0.2) is 0 Å². The molecule has 1 aromatic carbocycles. The molecule has 0 bridgehead atoms. The molecule has 0 unspecified atom stereocenters. The van der Waals surface area contributed by atoms with Gasteiger partial charge in [0.25, 0.3) is 0 Å². The summed E-state index contributed by atoms with van der Waals surface area (Å²) in [5, 5.41) is 6.07. The fourth-order valence-corrected chi connectivity index (χ4v) is 2.15. The van der Waals surface area contributed by atoms with Crippen LogP contribution in [0, 0.1) is 0 Å². The molecule has 20 heavy (non-hydrogen) atoms. The Kier molecular flexibility index (Phi) is 6.95. The van der Waals surface area contributed by atoms with E-state index in [9.17, 15) is 4.79 Å². The van der Waals surface area contributed by atoms with Crippen molar-refractivity contribution in [3.05, 3.63) is 29.8 Å². The van der Waals surface area contributed by atoms with Crippen molar-refractivity contribution in [2.24, 2.45) is 0 Å². The van der Waals surface area contributed by atoms with Crippen LogP contribution in [-0.2, 0) is 20.9 Å². The van der Waals surface area contributed by atoms with Gasteiger partial charge in [-0.3, -0.25) is 4.79 Å². The number of nitrogens with one attached hydrogen (secondary N) is 2. The minimum atomic E-state index is -0.306. The third kappa shape index (κ3) is 4.45. The van der Waals surface area contributed by atoms with E-state index < -0.39 is 0 Å². The largest absolute Gasteiger partial charge is 0.380 e. The second kappa shape index (κ2) is 8.21. The second-order valence-electron chi connectivity index (χ2n) is 4.63. The monoisotopic (exact) mass is 300 g/mol. The van der Waals surface area contributed by atoms with Gasteiger partial charge in [-0.2, -0.15) is 0 Å². The number of carbonyl (C=O) groups is 1. The first-order valence-electron chi connectivity index (χ1n) is 6.44. The summed E-state index contributed by atoms with van der Waals surface area (Å²) in [6.45, 7) is 3.78. The first-order valence-corrected chi connectivity index (χ1v) is 6.44. The van der Waals surface area contributed by atoms with Crippen molar-refractivity contribution >= 4 is 24.0 Å². The molecule has 1 fully saturated rings. The minimum Gasteiger partial charge on any atom is -0.380 e. The lowest BCUT2D eigenvalue weighted by Crippen LogP contribution is -2.53. The minimum absolute atomic E-state index is 0. The van der Waals surface area contributed by atoms with Crippen LogP contribution < -0.4 is 10.6 Å². The molecule has 1 saturated heterocycles. The van der Waals surface area contributed by atoms with E-state index in [0.29, 0.717) is 19.8 Å². The topological polar surface area (TPSA) is 59.6 Å². The number of rotatable bonds is 4. The number of carbonyl (C=O) groups excluding carboxylic acids is 1. The van der Waals surface area contributed by atoms with Gasteiger partial charge in [-0.05, 0) is 24.6 Å². The molecule has 1 aliphatic rings. The number of hydrogen-bond donors (Lipinski definition) is 2. The summed E-state index contributed by atoms with van der Waals surface area (Å²) in [5.74, 6) is -0.0678. The fraction of sp³-hybridized carbons (Fsp3) is 0.500. The molecule has 112 valence electrons. The zero-order chi connectivity index (χ0) is 13.7. The highest BCUT2D eigenvalue weighted by Crippen LogP contribution is 2.13. The molecule has 0 saturated carbocycles. The van der Waals surface area contributed by atoms with Crippen molar-refractivity contribution in [3.8, 4) is 0 Å². The maximum absolute atomic E-state index is 12.2. The Hall–Kier alpha value is -1.14. The molecule has 0 aliphatic carbocycles. The van der Waals surface area contributed by atoms with E-state index in [4.69, 9.17) is 9.47 Å². The number of benzene rings is 1. The van der Waals surface area contributed by atoms with E-state index >= 15 is 0 Å². The Morgan fingerprint density at radius 1 is 1.55 bits per heavy atom. The summed E-state index contributed by atoms with van der Waals surface area (Å²) >= 11 is 0. The van der Waals surface area contributed by atoms with E-state index in [1.54, 1.807) is 7.11 Å². The first kappa shape index (κ1) is 16.9. The molecule has 0 aromatic heterocycles. The van der Waals surface area contributed by atoms with Crippen LogP contribution in [0.1, 0.15) is 12.5 Å². The molecular weight excluding hydrogens is 280 g/mol. The Morgan fingerprint density at radius 2 is 2.35 bits per heavy atom. The average molecular weight is 301 g/mol. The van der Waals surface area contributed by atoms with Gasteiger partial charge in [0.2, 0.25) is 5.91 Å². The highest BCUT2D eigenvalue weighted by molar-refractivity contribution is 5.95. The smallest absolute Gasteiger partial charge is 0.244 e.